The van der Waals surface area contributed by atoms with Crippen molar-refractivity contribution in [2.75, 3.05) is 0 Å². The molecule has 0 spiro atoms. The van der Waals surface area contributed by atoms with Crippen LogP contribution < -0.4 is 11.5 Å². The van der Waals surface area contributed by atoms with E-state index in [-0.39, 0.29) is 13.1 Å². The fraction of sp³-hybridized carbons (Fsp3) is 0.250. The summed E-state index contributed by atoms with van der Waals surface area (Å²) in [6.07, 6.45) is -8.55. The van der Waals surface area contributed by atoms with Crippen LogP contribution in [0.4, 0.5) is 26.3 Å². The second kappa shape index (κ2) is 8.16. The van der Waals surface area contributed by atoms with Crippen molar-refractivity contribution in [1.29, 1.82) is 0 Å². The molecule has 2 aromatic rings. The van der Waals surface area contributed by atoms with E-state index < -0.39 is 23.5 Å². The minimum Gasteiger partial charge on any atom is -0.326 e. The summed E-state index contributed by atoms with van der Waals surface area (Å²) in [6.45, 7) is 0.258. The van der Waals surface area contributed by atoms with E-state index in [1.54, 1.807) is 12.1 Å². The largest absolute Gasteiger partial charge is 0.416 e. The van der Waals surface area contributed by atoms with Gasteiger partial charge in [0.15, 0.2) is 0 Å². The summed E-state index contributed by atoms with van der Waals surface area (Å²) in [7, 11) is 0. The van der Waals surface area contributed by atoms with Crippen molar-refractivity contribution in [2.45, 2.75) is 25.4 Å². The highest BCUT2D eigenvalue weighted by Crippen LogP contribution is 2.30. The van der Waals surface area contributed by atoms with Crippen LogP contribution in [0.3, 0.4) is 0 Å². The SMILES string of the molecule is NCc1cccc(C(F)(F)F)c1.NCc1cccc(C(F)(F)F)c1. The van der Waals surface area contributed by atoms with E-state index in [1.165, 1.54) is 12.1 Å². The Labute approximate surface area is 135 Å². The van der Waals surface area contributed by atoms with Crippen LogP contribution in [0.25, 0.3) is 0 Å². The molecule has 0 radical (unpaired) electrons. The first-order valence-electron chi connectivity index (χ1n) is 6.80. The van der Waals surface area contributed by atoms with Gasteiger partial charge in [0, 0.05) is 13.1 Å². The monoisotopic (exact) mass is 350 g/mol. The molecule has 2 aromatic carbocycles. The smallest absolute Gasteiger partial charge is 0.326 e. The maximum absolute atomic E-state index is 12.1. The Kier molecular flexibility index (Phi) is 6.80. The van der Waals surface area contributed by atoms with E-state index in [2.05, 4.69) is 0 Å². The third kappa shape index (κ3) is 6.21. The average molecular weight is 350 g/mol. The number of rotatable bonds is 2. The van der Waals surface area contributed by atoms with Gasteiger partial charge < -0.3 is 11.5 Å². The van der Waals surface area contributed by atoms with Crippen LogP contribution in [0.2, 0.25) is 0 Å². The summed E-state index contributed by atoms with van der Waals surface area (Å²) in [5, 5.41) is 0. The highest BCUT2D eigenvalue weighted by molar-refractivity contribution is 5.26. The van der Waals surface area contributed by atoms with Crippen LogP contribution in [0.15, 0.2) is 48.5 Å². The molecule has 0 aliphatic carbocycles. The van der Waals surface area contributed by atoms with E-state index >= 15 is 0 Å². The molecule has 0 unspecified atom stereocenters. The minimum atomic E-state index is -4.27. The fourth-order valence-corrected chi connectivity index (χ4v) is 1.75. The predicted molar refractivity (Wildman–Crippen MR) is 78.7 cm³/mol. The second-order valence-electron chi connectivity index (χ2n) is 4.80. The summed E-state index contributed by atoms with van der Waals surface area (Å²) >= 11 is 0. The van der Waals surface area contributed by atoms with Crippen LogP contribution in [-0.4, -0.2) is 0 Å². The summed E-state index contributed by atoms with van der Waals surface area (Å²) in [4.78, 5) is 0. The van der Waals surface area contributed by atoms with E-state index in [4.69, 9.17) is 11.5 Å². The normalized spacial score (nSPS) is 11.7. The molecule has 24 heavy (non-hydrogen) atoms. The predicted octanol–water partition coefficient (Wildman–Crippen LogP) is 4.33. The number of alkyl halides is 6. The Morgan fingerprint density at radius 1 is 0.625 bits per heavy atom. The number of nitrogens with two attached hydrogens (primary N) is 2. The van der Waals surface area contributed by atoms with Crippen molar-refractivity contribution in [3.05, 3.63) is 70.8 Å². The lowest BCUT2D eigenvalue weighted by Gasteiger charge is -2.06. The van der Waals surface area contributed by atoms with Gasteiger partial charge in [-0.25, -0.2) is 0 Å². The summed E-state index contributed by atoms with van der Waals surface area (Å²) in [5.41, 5.74) is 10.1. The zero-order valence-electron chi connectivity index (χ0n) is 12.5. The topological polar surface area (TPSA) is 52.0 Å². The van der Waals surface area contributed by atoms with Crippen LogP contribution in [-0.2, 0) is 25.4 Å². The van der Waals surface area contributed by atoms with Crippen molar-refractivity contribution < 1.29 is 26.3 Å². The van der Waals surface area contributed by atoms with E-state index in [1.807, 2.05) is 0 Å². The molecule has 0 bridgehead atoms. The second-order valence-corrected chi connectivity index (χ2v) is 4.80. The Bertz CT molecular complexity index is 592. The first kappa shape index (κ1) is 20.0. The molecule has 0 fully saturated rings. The molecular formula is C16H16F6N2. The van der Waals surface area contributed by atoms with Gasteiger partial charge in [-0.3, -0.25) is 0 Å². The molecule has 0 aliphatic rings. The van der Waals surface area contributed by atoms with Gasteiger partial charge in [0.2, 0.25) is 0 Å². The number of hydrogen-bond donors (Lipinski definition) is 2. The molecule has 0 heterocycles. The van der Waals surface area contributed by atoms with Gasteiger partial charge in [-0.1, -0.05) is 36.4 Å². The van der Waals surface area contributed by atoms with Crippen LogP contribution >= 0.6 is 0 Å². The lowest BCUT2D eigenvalue weighted by molar-refractivity contribution is -0.138. The summed E-state index contributed by atoms with van der Waals surface area (Å²) in [5.74, 6) is 0. The fourth-order valence-electron chi connectivity index (χ4n) is 1.75. The quantitative estimate of drug-likeness (QED) is 0.792. The standard InChI is InChI=1S/2C8H8F3N/c2*9-8(10,11)7-3-1-2-6(4-7)5-12/h2*1-4H,5,12H2. The molecule has 2 rings (SSSR count). The molecule has 0 saturated carbocycles. The Morgan fingerprint density at radius 3 is 1.21 bits per heavy atom. The maximum Gasteiger partial charge on any atom is 0.416 e. The third-order valence-electron chi connectivity index (χ3n) is 2.98. The van der Waals surface area contributed by atoms with Crippen molar-refractivity contribution in [1.82, 2.24) is 0 Å². The highest BCUT2D eigenvalue weighted by Gasteiger charge is 2.30. The summed E-state index contributed by atoms with van der Waals surface area (Å²) in [6, 6.07) is 10.00. The van der Waals surface area contributed by atoms with Crippen LogP contribution in [0.1, 0.15) is 22.3 Å². The lowest BCUT2D eigenvalue weighted by Crippen LogP contribution is -2.06. The van der Waals surface area contributed by atoms with E-state index in [9.17, 15) is 26.3 Å². The summed E-state index contributed by atoms with van der Waals surface area (Å²) < 4.78 is 72.4. The molecule has 132 valence electrons. The van der Waals surface area contributed by atoms with Gasteiger partial charge in [0.1, 0.15) is 0 Å². The highest BCUT2D eigenvalue weighted by atomic mass is 19.4. The van der Waals surface area contributed by atoms with Crippen molar-refractivity contribution in [2.24, 2.45) is 11.5 Å². The molecule has 2 nitrogen and oxygen atoms in total. The Hall–Kier alpha value is -2.06. The molecule has 0 amide bonds. The molecule has 0 aliphatic heterocycles. The zero-order chi connectivity index (χ0) is 18.4. The van der Waals surface area contributed by atoms with Gasteiger partial charge in [0.25, 0.3) is 0 Å². The van der Waals surface area contributed by atoms with Crippen molar-refractivity contribution in [3.8, 4) is 0 Å². The van der Waals surface area contributed by atoms with Gasteiger partial charge in [0.05, 0.1) is 11.1 Å². The average Bonchev–Trinajstić information content (AvgIpc) is 2.54. The number of halogens is 6. The van der Waals surface area contributed by atoms with E-state index in [0.717, 1.165) is 24.3 Å². The zero-order valence-corrected chi connectivity index (χ0v) is 12.5. The molecular weight excluding hydrogens is 334 g/mol. The maximum atomic E-state index is 12.1. The number of hydrogen-bond acceptors (Lipinski definition) is 2. The van der Waals surface area contributed by atoms with Crippen molar-refractivity contribution in [3.63, 3.8) is 0 Å². The Balaban J connectivity index is 0.000000240. The van der Waals surface area contributed by atoms with E-state index in [0.29, 0.717) is 11.1 Å². The molecule has 8 heteroatoms. The number of benzene rings is 2. The Morgan fingerprint density at radius 2 is 0.958 bits per heavy atom. The lowest BCUT2D eigenvalue weighted by atomic mass is 10.1. The van der Waals surface area contributed by atoms with Crippen LogP contribution in [0.5, 0.6) is 0 Å². The molecule has 4 N–H and O–H groups in total. The van der Waals surface area contributed by atoms with Crippen molar-refractivity contribution >= 4 is 0 Å². The minimum absolute atomic E-state index is 0.129. The third-order valence-corrected chi connectivity index (χ3v) is 2.98. The van der Waals surface area contributed by atoms with Gasteiger partial charge in [-0.2, -0.15) is 26.3 Å². The molecule has 0 aromatic heterocycles. The van der Waals surface area contributed by atoms with Gasteiger partial charge >= 0.3 is 12.4 Å². The van der Waals surface area contributed by atoms with Gasteiger partial charge in [-0.05, 0) is 23.3 Å². The van der Waals surface area contributed by atoms with Crippen LogP contribution in [0, 0.1) is 0 Å². The first-order chi connectivity index (χ1) is 11.1. The molecule has 0 saturated heterocycles. The molecule has 0 atom stereocenters. The first-order valence-corrected chi connectivity index (χ1v) is 6.80. The van der Waals surface area contributed by atoms with Gasteiger partial charge in [-0.15, -0.1) is 0 Å².